The van der Waals surface area contributed by atoms with Crippen LogP contribution in [0.1, 0.15) is 43.7 Å². The zero-order valence-corrected chi connectivity index (χ0v) is 24.9. The highest BCUT2D eigenvalue weighted by molar-refractivity contribution is 8.01. The highest BCUT2D eigenvalue weighted by Crippen LogP contribution is 2.50. The van der Waals surface area contributed by atoms with Crippen molar-refractivity contribution < 1.29 is 14.3 Å². The number of rotatable bonds is 7. The lowest BCUT2D eigenvalue weighted by molar-refractivity contribution is -0.118. The number of nitrogens with two attached hydrogens (primary N) is 1. The first-order valence-corrected chi connectivity index (χ1v) is 14.8. The number of hydrogen-bond acceptors (Lipinski definition) is 10. The summed E-state index contributed by atoms with van der Waals surface area (Å²) in [5, 5.41) is 22.2. The van der Waals surface area contributed by atoms with Crippen molar-refractivity contribution in [2.75, 3.05) is 23.1 Å². The molecule has 210 valence electrons. The molecule has 2 aliphatic rings. The number of carbonyl (C=O) groups is 2. The standard InChI is InChI=1S/C30H30N6O3S2/c1-17-7-5-8-18(11-17)25-21(15-31)27(32)36(22-13-30(2,3)14-23(37)26(22)25)28-34-35-29(41-28)40-16-24(38)33-19-9-6-10-20(12-19)39-4/h5-12,25H,13-14,16,32H2,1-4H3,(H,33,38). The van der Waals surface area contributed by atoms with E-state index in [1.807, 2.05) is 31.2 Å². The van der Waals surface area contributed by atoms with E-state index in [-0.39, 0.29) is 28.7 Å². The van der Waals surface area contributed by atoms with Crippen molar-refractivity contribution in [3.63, 3.8) is 0 Å². The van der Waals surface area contributed by atoms with Crippen LogP contribution in [0.15, 0.2) is 75.5 Å². The zero-order chi connectivity index (χ0) is 29.3. The normalized spacial score (nSPS) is 18.2. The van der Waals surface area contributed by atoms with E-state index in [9.17, 15) is 14.9 Å². The number of benzene rings is 2. The summed E-state index contributed by atoms with van der Waals surface area (Å²) in [5.41, 5.74) is 10.6. The molecule has 1 aliphatic heterocycles. The number of carbonyl (C=O) groups excluding carboxylic acids is 2. The summed E-state index contributed by atoms with van der Waals surface area (Å²) in [6.45, 7) is 6.09. The number of amides is 1. The van der Waals surface area contributed by atoms with Gasteiger partial charge in [0.15, 0.2) is 10.1 Å². The average molecular weight is 587 g/mol. The topological polar surface area (TPSA) is 134 Å². The van der Waals surface area contributed by atoms with Crippen molar-refractivity contribution in [1.29, 1.82) is 5.26 Å². The smallest absolute Gasteiger partial charge is 0.234 e. The monoisotopic (exact) mass is 586 g/mol. The summed E-state index contributed by atoms with van der Waals surface area (Å²) >= 11 is 2.51. The molecule has 9 nitrogen and oxygen atoms in total. The molecule has 0 saturated heterocycles. The molecule has 2 aromatic carbocycles. The van der Waals surface area contributed by atoms with Gasteiger partial charge in [-0.15, -0.1) is 10.2 Å². The molecule has 1 amide bonds. The van der Waals surface area contributed by atoms with E-state index in [4.69, 9.17) is 10.5 Å². The molecule has 5 rings (SSSR count). The molecule has 2 heterocycles. The number of nitrogens with one attached hydrogen (secondary N) is 1. The largest absolute Gasteiger partial charge is 0.497 e. The van der Waals surface area contributed by atoms with Crippen molar-refractivity contribution in [3.8, 4) is 11.8 Å². The number of nitrogens with zero attached hydrogens (tertiary/aromatic N) is 4. The molecule has 1 atom stereocenters. The summed E-state index contributed by atoms with van der Waals surface area (Å²) in [6.07, 6.45) is 0.959. The number of aromatic nitrogens is 2. The predicted octanol–water partition coefficient (Wildman–Crippen LogP) is 5.53. The molecule has 0 radical (unpaired) electrons. The van der Waals surface area contributed by atoms with Crippen molar-refractivity contribution in [2.45, 2.75) is 43.9 Å². The summed E-state index contributed by atoms with van der Waals surface area (Å²) in [6, 6.07) is 17.3. The van der Waals surface area contributed by atoms with Crippen LogP contribution in [0.5, 0.6) is 5.75 Å². The second kappa shape index (κ2) is 11.4. The van der Waals surface area contributed by atoms with Crippen molar-refractivity contribution in [3.05, 3.63) is 82.3 Å². The van der Waals surface area contributed by atoms with Gasteiger partial charge in [-0.1, -0.05) is 72.8 Å². The van der Waals surface area contributed by atoms with Gasteiger partial charge in [0.2, 0.25) is 11.0 Å². The number of ketones is 1. The predicted molar refractivity (Wildman–Crippen MR) is 161 cm³/mol. The minimum Gasteiger partial charge on any atom is -0.497 e. The Kier molecular flexibility index (Phi) is 7.89. The molecule has 1 aromatic heterocycles. The third kappa shape index (κ3) is 5.85. The van der Waals surface area contributed by atoms with E-state index in [0.717, 1.165) is 16.8 Å². The van der Waals surface area contributed by atoms with E-state index in [0.29, 0.717) is 44.9 Å². The first-order valence-electron chi connectivity index (χ1n) is 13.0. The number of anilines is 2. The van der Waals surface area contributed by atoms with Gasteiger partial charge in [-0.3, -0.25) is 14.5 Å². The molecule has 3 aromatic rings. The average Bonchev–Trinajstić information content (AvgIpc) is 3.39. The zero-order valence-electron chi connectivity index (χ0n) is 23.2. The SMILES string of the molecule is COc1cccc(NC(=O)CSc2nnc(N3C(N)=C(C#N)C(c4cccc(C)c4)C4=C3CC(C)(C)CC4=O)s2)c1. The van der Waals surface area contributed by atoms with Crippen LogP contribution in [0, 0.1) is 23.7 Å². The molecule has 1 aliphatic carbocycles. The van der Waals surface area contributed by atoms with Gasteiger partial charge in [0, 0.05) is 29.4 Å². The van der Waals surface area contributed by atoms with Crippen LogP contribution in [0.4, 0.5) is 10.8 Å². The highest BCUT2D eigenvalue weighted by atomic mass is 32.2. The summed E-state index contributed by atoms with van der Waals surface area (Å²) in [4.78, 5) is 28.0. The Balaban J connectivity index is 1.45. The molecule has 1 unspecified atom stereocenters. The number of thioether (sulfide) groups is 1. The summed E-state index contributed by atoms with van der Waals surface area (Å²) in [5.74, 6) is 0.269. The van der Waals surface area contributed by atoms with Crippen LogP contribution in [-0.4, -0.2) is 34.8 Å². The third-order valence-electron chi connectivity index (χ3n) is 7.02. The maximum absolute atomic E-state index is 13.7. The van der Waals surface area contributed by atoms with E-state index >= 15 is 0 Å². The number of methoxy groups -OCH3 is 1. The molecule has 41 heavy (non-hydrogen) atoms. The number of allylic oxidation sites excluding steroid dienone is 3. The fourth-order valence-corrected chi connectivity index (χ4v) is 6.97. The Bertz CT molecular complexity index is 1630. The van der Waals surface area contributed by atoms with E-state index < -0.39 is 5.92 Å². The Morgan fingerprint density at radius 3 is 2.76 bits per heavy atom. The maximum atomic E-state index is 13.7. The number of hydrogen-bond donors (Lipinski definition) is 2. The fourth-order valence-electron chi connectivity index (χ4n) is 5.29. The van der Waals surface area contributed by atoms with Crippen LogP contribution < -0.4 is 20.7 Å². The van der Waals surface area contributed by atoms with Gasteiger partial charge in [-0.05, 0) is 36.5 Å². The van der Waals surface area contributed by atoms with Gasteiger partial charge in [0.1, 0.15) is 11.6 Å². The van der Waals surface area contributed by atoms with Crippen molar-refractivity contribution >= 4 is 45.6 Å². The van der Waals surface area contributed by atoms with E-state index in [1.165, 1.54) is 23.1 Å². The first kappa shape index (κ1) is 28.4. The van der Waals surface area contributed by atoms with Gasteiger partial charge in [0.25, 0.3) is 0 Å². The summed E-state index contributed by atoms with van der Waals surface area (Å²) in [7, 11) is 1.57. The molecule has 11 heteroatoms. The Morgan fingerprint density at radius 1 is 1.24 bits per heavy atom. The minimum atomic E-state index is -0.545. The van der Waals surface area contributed by atoms with Gasteiger partial charge < -0.3 is 15.8 Å². The lowest BCUT2D eigenvalue weighted by atomic mass is 9.68. The van der Waals surface area contributed by atoms with Crippen LogP contribution in [0.2, 0.25) is 0 Å². The Morgan fingerprint density at radius 2 is 2.02 bits per heavy atom. The van der Waals surface area contributed by atoms with Gasteiger partial charge in [0.05, 0.1) is 30.4 Å². The van der Waals surface area contributed by atoms with Crippen LogP contribution >= 0.6 is 23.1 Å². The van der Waals surface area contributed by atoms with Gasteiger partial charge in [-0.2, -0.15) is 5.26 Å². The van der Waals surface area contributed by atoms with Gasteiger partial charge >= 0.3 is 0 Å². The second-order valence-electron chi connectivity index (χ2n) is 10.8. The van der Waals surface area contributed by atoms with Crippen molar-refractivity contribution in [1.82, 2.24) is 10.2 Å². The number of Topliss-reactive ketones (excluding diaryl/α,β-unsaturated/α-hetero) is 1. The second-order valence-corrected chi connectivity index (χ2v) is 13.0. The molecular formula is C30H30N6O3S2. The highest BCUT2D eigenvalue weighted by Gasteiger charge is 2.45. The summed E-state index contributed by atoms with van der Waals surface area (Å²) < 4.78 is 5.77. The van der Waals surface area contributed by atoms with Crippen molar-refractivity contribution in [2.24, 2.45) is 11.1 Å². The molecular weight excluding hydrogens is 557 g/mol. The van der Waals surface area contributed by atoms with Gasteiger partial charge in [-0.25, -0.2) is 0 Å². The van der Waals surface area contributed by atoms with Crippen LogP contribution in [0.3, 0.4) is 0 Å². The first-order chi connectivity index (χ1) is 19.6. The molecule has 0 fully saturated rings. The molecule has 3 N–H and O–H groups in total. The number of nitriles is 1. The van der Waals surface area contributed by atoms with Crippen LogP contribution in [0.25, 0.3) is 0 Å². The third-order valence-corrected chi connectivity index (χ3v) is 9.07. The molecule has 0 bridgehead atoms. The lowest BCUT2D eigenvalue weighted by Gasteiger charge is -2.42. The Hall–Kier alpha value is -4.14. The number of aryl methyl sites for hydroxylation is 1. The maximum Gasteiger partial charge on any atom is 0.234 e. The lowest BCUT2D eigenvalue weighted by Crippen LogP contribution is -2.42. The Labute approximate surface area is 247 Å². The van der Waals surface area contributed by atoms with Crippen LogP contribution in [-0.2, 0) is 9.59 Å². The van der Waals surface area contributed by atoms with E-state index in [1.54, 1.807) is 36.3 Å². The minimum absolute atomic E-state index is 0.00123. The molecule has 0 saturated carbocycles. The molecule has 0 spiro atoms. The quantitative estimate of drug-likeness (QED) is 0.343. The fraction of sp³-hybridized carbons (Fsp3) is 0.300. The van der Waals surface area contributed by atoms with E-state index in [2.05, 4.69) is 35.4 Å². The number of ether oxygens (including phenoxy) is 1.